The van der Waals surface area contributed by atoms with E-state index >= 15 is 0 Å². The van der Waals surface area contributed by atoms with Gasteiger partial charge in [0.15, 0.2) is 0 Å². The van der Waals surface area contributed by atoms with Gasteiger partial charge < -0.3 is 10.5 Å². The molecule has 2 N–H and O–H groups in total. The Morgan fingerprint density at radius 3 is 2.68 bits per heavy atom. The maximum atomic E-state index is 12.9. The lowest BCUT2D eigenvalue weighted by Crippen LogP contribution is -2.09. The van der Waals surface area contributed by atoms with Crippen LogP contribution in [0.25, 0.3) is 0 Å². The number of nitrogens with one attached hydrogen (secondary N) is 1. The third-order valence-electron chi connectivity index (χ3n) is 3.53. The fraction of sp³-hybridized carbons (Fsp3) is 0.133. The molecule has 0 saturated heterocycles. The van der Waals surface area contributed by atoms with Gasteiger partial charge in [0.2, 0.25) is 0 Å². The normalized spacial score (nSPS) is 17.0. The van der Waals surface area contributed by atoms with Crippen LogP contribution in [0.3, 0.4) is 0 Å². The second-order valence-electron chi connectivity index (χ2n) is 4.95. The van der Waals surface area contributed by atoms with Crippen molar-refractivity contribution >= 4 is 11.4 Å². The van der Waals surface area contributed by atoms with E-state index in [1.54, 1.807) is 12.1 Å². The van der Waals surface area contributed by atoms with E-state index in [9.17, 15) is 19.6 Å². The van der Waals surface area contributed by atoms with Crippen LogP contribution >= 0.6 is 0 Å². The molecule has 0 fully saturated rings. The lowest BCUT2D eigenvalue weighted by molar-refractivity contribution is -0.384. The van der Waals surface area contributed by atoms with Crippen LogP contribution in [0.1, 0.15) is 23.6 Å². The van der Waals surface area contributed by atoms with E-state index in [2.05, 4.69) is 10.5 Å². The van der Waals surface area contributed by atoms with Crippen LogP contribution in [0.4, 0.5) is 10.1 Å². The van der Waals surface area contributed by atoms with Gasteiger partial charge in [-0.25, -0.2) is 4.39 Å². The highest BCUT2D eigenvalue weighted by atomic mass is 19.1. The van der Waals surface area contributed by atoms with Gasteiger partial charge in [0.25, 0.3) is 5.69 Å². The Labute approximate surface area is 125 Å². The number of benzene rings is 2. The third kappa shape index (κ3) is 2.60. The van der Waals surface area contributed by atoms with Crippen LogP contribution < -0.4 is 5.43 Å². The summed E-state index contributed by atoms with van der Waals surface area (Å²) in [4.78, 5) is 10.3. The van der Waals surface area contributed by atoms with Crippen molar-refractivity contribution in [3.63, 3.8) is 0 Å². The van der Waals surface area contributed by atoms with Crippen molar-refractivity contribution in [3.05, 3.63) is 69.5 Å². The van der Waals surface area contributed by atoms with E-state index in [0.717, 1.165) is 5.56 Å². The van der Waals surface area contributed by atoms with Crippen molar-refractivity contribution in [2.75, 3.05) is 0 Å². The number of hydrogen-bond acceptors (Lipinski definition) is 5. The lowest BCUT2D eigenvalue weighted by Gasteiger charge is -2.10. The molecule has 0 bridgehead atoms. The Hall–Kier alpha value is -2.96. The van der Waals surface area contributed by atoms with Gasteiger partial charge in [0, 0.05) is 24.1 Å². The van der Waals surface area contributed by atoms with Gasteiger partial charge in [-0.15, -0.1) is 0 Å². The molecule has 0 aliphatic carbocycles. The maximum Gasteiger partial charge on any atom is 0.270 e. The number of non-ortho nitro benzene ring substituents is 1. The van der Waals surface area contributed by atoms with Crippen molar-refractivity contribution in [3.8, 4) is 5.75 Å². The second-order valence-corrected chi connectivity index (χ2v) is 4.95. The standard InChI is InChI=1S/C15H12FN3O3/c16-10-3-1-9(2-4-10)13-8-14(18-17-13)12-7-11(19(21)22)5-6-15(12)20/h1-7,13,17,20H,8H2. The third-order valence-corrected chi connectivity index (χ3v) is 3.53. The number of halogens is 1. The molecule has 3 rings (SSSR count). The molecule has 1 unspecified atom stereocenters. The summed E-state index contributed by atoms with van der Waals surface area (Å²) in [6, 6.07) is 9.68. The smallest absolute Gasteiger partial charge is 0.270 e. The number of rotatable bonds is 3. The van der Waals surface area contributed by atoms with Crippen molar-refractivity contribution in [2.45, 2.75) is 12.5 Å². The minimum atomic E-state index is -0.524. The van der Waals surface area contributed by atoms with Gasteiger partial charge in [-0.05, 0) is 23.8 Å². The number of nitrogens with zero attached hydrogens (tertiary/aromatic N) is 2. The molecule has 0 radical (unpaired) electrons. The predicted molar refractivity (Wildman–Crippen MR) is 78.2 cm³/mol. The molecule has 112 valence electrons. The lowest BCUT2D eigenvalue weighted by atomic mass is 9.98. The molecule has 0 amide bonds. The number of nitro benzene ring substituents is 1. The molecule has 1 atom stereocenters. The number of nitro groups is 1. The summed E-state index contributed by atoms with van der Waals surface area (Å²) in [5.74, 6) is -0.384. The summed E-state index contributed by atoms with van der Waals surface area (Å²) < 4.78 is 12.9. The zero-order valence-corrected chi connectivity index (χ0v) is 11.4. The average Bonchev–Trinajstić information content (AvgIpc) is 2.98. The molecule has 1 heterocycles. The van der Waals surface area contributed by atoms with Crippen molar-refractivity contribution in [1.29, 1.82) is 0 Å². The van der Waals surface area contributed by atoms with Crippen LogP contribution in [0.2, 0.25) is 0 Å². The van der Waals surface area contributed by atoms with Crippen LogP contribution in [-0.4, -0.2) is 15.7 Å². The van der Waals surface area contributed by atoms with E-state index in [0.29, 0.717) is 17.7 Å². The van der Waals surface area contributed by atoms with Crippen molar-refractivity contribution in [2.24, 2.45) is 5.10 Å². The minimum Gasteiger partial charge on any atom is -0.507 e. The van der Waals surface area contributed by atoms with Gasteiger partial charge in [-0.1, -0.05) is 12.1 Å². The average molecular weight is 301 g/mol. The highest BCUT2D eigenvalue weighted by Gasteiger charge is 2.24. The molecule has 7 heteroatoms. The zero-order valence-electron chi connectivity index (χ0n) is 11.4. The molecular weight excluding hydrogens is 289 g/mol. The van der Waals surface area contributed by atoms with Crippen LogP contribution in [0.15, 0.2) is 47.6 Å². The Kier molecular flexibility index (Phi) is 3.46. The monoisotopic (exact) mass is 301 g/mol. The Morgan fingerprint density at radius 2 is 2.00 bits per heavy atom. The Bertz CT molecular complexity index is 759. The van der Waals surface area contributed by atoms with Gasteiger partial charge in [0.05, 0.1) is 16.7 Å². The molecule has 1 aliphatic heterocycles. The molecule has 0 aromatic heterocycles. The van der Waals surface area contributed by atoms with Crippen LogP contribution in [0.5, 0.6) is 5.75 Å². The Balaban J connectivity index is 1.84. The first-order valence-corrected chi connectivity index (χ1v) is 6.60. The Morgan fingerprint density at radius 1 is 1.27 bits per heavy atom. The molecule has 22 heavy (non-hydrogen) atoms. The van der Waals surface area contributed by atoms with E-state index in [1.165, 1.54) is 30.3 Å². The van der Waals surface area contributed by atoms with Gasteiger partial charge in [-0.2, -0.15) is 5.10 Å². The summed E-state index contributed by atoms with van der Waals surface area (Å²) in [6.45, 7) is 0. The molecule has 1 aliphatic rings. The van der Waals surface area contributed by atoms with Crippen molar-refractivity contribution in [1.82, 2.24) is 5.43 Å². The van der Waals surface area contributed by atoms with Gasteiger partial charge in [-0.3, -0.25) is 10.1 Å². The number of phenolic OH excluding ortho intramolecular Hbond substituents is 1. The maximum absolute atomic E-state index is 12.9. The van der Waals surface area contributed by atoms with Gasteiger partial charge in [0.1, 0.15) is 11.6 Å². The number of hydrazone groups is 1. The number of aromatic hydroxyl groups is 1. The quantitative estimate of drug-likeness (QED) is 0.674. The molecule has 2 aromatic rings. The van der Waals surface area contributed by atoms with Crippen molar-refractivity contribution < 1.29 is 14.4 Å². The summed E-state index contributed by atoms with van der Waals surface area (Å²) in [5.41, 5.74) is 4.49. The molecule has 0 spiro atoms. The zero-order chi connectivity index (χ0) is 15.7. The molecule has 6 nitrogen and oxygen atoms in total. The summed E-state index contributed by atoms with van der Waals surface area (Å²) in [5, 5.41) is 24.9. The summed E-state index contributed by atoms with van der Waals surface area (Å²) in [7, 11) is 0. The van der Waals surface area contributed by atoms with E-state index in [1.807, 2.05) is 0 Å². The molecule has 0 saturated carbocycles. The molecular formula is C15H12FN3O3. The van der Waals surface area contributed by atoms with E-state index < -0.39 is 4.92 Å². The summed E-state index contributed by atoms with van der Waals surface area (Å²) >= 11 is 0. The summed E-state index contributed by atoms with van der Waals surface area (Å²) in [6.07, 6.45) is 0.445. The SMILES string of the molecule is O=[N+]([O-])c1ccc(O)c(C2=NNC(c3ccc(F)cc3)C2)c1. The number of hydrogen-bond donors (Lipinski definition) is 2. The van der Waals surface area contributed by atoms with E-state index in [4.69, 9.17) is 0 Å². The van der Waals surface area contributed by atoms with Gasteiger partial charge >= 0.3 is 0 Å². The highest BCUT2D eigenvalue weighted by molar-refractivity contribution is 6.04. The first-order valence-electron chi connectivity index (χ1n) is 6.60. The second kappa shape index (κ2) is 5.44. The topological polar surface area (TPSA) is 87.8 Å². The molecule has 2 aromatic carbocycles. The first kappa shape index (κ1) is 14.0. The predicted octanol–water partition coefficient (Wildman–Crippen LogP) is 2.88. The fourth-order valence-electron chi connectivity index (χ4n) is 2.37. The minimum absolute atomic E-state index is 0.0640. The number of phenols is 1. The first-order chi connectivity index (χ1) is 10.5. The van der Waals surface area contributed by atoms with Crippen LogP contribution in [0, 0.1) is 15.9 Å². The van der Waals surface area contributed by atoms with E-state index in [-0.39, 0.29) is 23.3 Å². The van der Waals surface area contributed by atoms with Crippen LogP contribution in [-0.2, 0) is 0 Å². The highest BCUT2D eigenvalue weighted by Crippen LogP contribution is 2.30. The fourth-order valence-corrected chi connectivity index (χ4v) is 2.37. The largest absolute Gasteiger partial charge is 0.507 e.